The van der Waals surface area contributed by atoms with E-state index in [1.165, 1.54) is 0 Å². The second-order valence-corrected chi connectivity index (χ2v) is 6.47. The van der Waals surface area contributed by atoms with Gasteiger partial charge < -0.3 is 19.5 Å². The van der Waals surface area contributed by atoms with E-state index in [0.29, 0.717) is 42.6 Å². The average molecular weight is 370 g/mol. The molecule has 1 aliphatic rings. The molecule has 0 spiro atoms. The minimum atomic E-state index is -0.316. The van der Waals surface area contributed by atoms with Crippen molar-refractivity contribution < 1.29 is 14.3 Å². The Morgan fingerprint density at radius 2 is 1.96 bits per heavy atom. The van der Waals surface area contributed by atoms with E-state index >= 15 is 0 Å². The molecule has 144 valence electrons. The number of benzene rings is 1. The first-order chi connectivity index (χ1) is 13.1. The quantitative estimate of drug-likeness (QED) is 0.848. The zero-order valence-corrected chi connectivity index (χ0v) is 16.1. The van der Waals surface area contributed by atoms with Crippen LogP contribution in [0.25, 0.3) is 0 Å². The van der Waals surface area contributed by atoms with Crippen molar-refractivity contribution in [3.63, 3.8) is 0 Å². The van der Waals surface area contributed by atoms with Crippen molar-refractivity contribution >= 4 is 17.5 Å². The smallest absolute Gasteiger partial charge is 0.289 e. The molecule has 0 fully saturated rings. The number of carbonyl (C=O) groups excluding carboxylic acids is 2. The van der Waals surface area contributed by atoms with Crippen LogP contribution in [0.2, 0.25) is 0 Å². The van der Waals surface area contributed by atoms with Crippen LogP contribution in [-0.4, -0.2) is 46.5 Å². The largest absolute Gasteiger partial charge is 0.495 e. The predicted molar refractivity (Wildman–Crippen MR) is 103 cm³/mol. The van der Waals surface area contributed by atoms with Gasteiger partial charge >= 0.3 is 0 Å². The third-order valence-electron chi connectivity index (χ3n) is 4.93. The van der Waals surface area contributed by atoms with Gasteiger partial charge in [0.2, 0.25) is 0 Å². The molecule has 0 aliphatic carbocycles. The number of fused-ring (bicyclic) bond motifs is 1. The summed E-state index contributed by atoms with van der Waals surface area (Å²) in [5, 5.41) is 2.87. The fourth-order valence-electron chi connectivity index (χ4n) is 3.47. The Bertz CT molecular complexity index is 840. The molecule has 2 heterocycles. The Kier molecular flexibility index (Phi) is 5.78. The topological polar surface area (TPSA) is 76.5 Å². The van der Waals surface area contributed by atoms with Crippen LogP contribution in [0.5, 0.6) is 5.75 Å². The van der Waals surface area contributed by atoms with E-state index in [4.69, 9.17) is 4.74 Å². The van der Waals surface area contributed by atoms with Gasteiger partial charge in [0.15, 0.2) is 11.5 Å². The van der Waals surface area contributed by atoms with Gasteiger partial charge in [0.05, 0.1) is 18.5 Å². The summed E-state index contributed by atoms with van der Waals surface area (Å²) < 4.78 is 7.22. The molecular weight excluding hydrogens is 344 g/mol. The molecule has 7 nitrogen and oxygen atoms in total. The highest BCUT2D eigenvalue weighted by atomic mass is 16.5. The number of para-hydroxylation sites is 2. The molecule has 2 amide bonds. The molecular formula is C20H26N4O3. The van der Waals surface area contributed by atoms with Crippen LogP contribution in [0.15, 0.2) is 24.3 Å². The standard InChI is InChI=1S/C20H26N4O3/c1-4-23(5-2)20(26)18-22-17(15-11-8-9-13-24(15)18)19(25)21-14-10-6-7-12-16(14)27-3/h6-7,10,12H,4-5,8-9,11,13H2,1-3H3,(H,21,25). The number of imidazole rings is 1. The van der Waals surface area contributed by atoms with Gasteiger partial charge in [0.25, 0.3) is 11.8 Å². The monoisotopic (exact) mass is 370 g/mol. The number of nitrogens with zero attached hydrogens (tertiary/aromatic N) is 3. The highest BCUT2D eigenvalue weighted by Crippen LogP contribution is 2.26. The lowest BCUT2D eigenvalue weighted by atomic mass is 10.1. The van der Waals surface area contributed by atoms with Gasteiger partial charge in [-0.1, -0.05) is 12.1 Å². The van der Waals surface area contributed by atoms with E-state index < -0.39 is 0 Å². The zero-order valence-electron chi connectivity index (χ0n) is 16.1. The van der Waals surface area contributed by atoms with E-state index in [1.54, 1.807) is 24.1 Å². The van der Waals surface area contributed by atoms with Crippen LogP contribution in [0.1, 0.15) is 53.5 Å². The number of rotatable bonds is 6. The van der Waals surface area contributed by atoms with Crippen LogP contribution < -0.4 is 10.1 Å². The Labute approximate surface area is 159 Å². The maximum absolute atomic E-state index is 12.9. The molecule has 0 radical (unpaired) electrons. The van der Waals surface area contributed by atoms with E-state index in [-0.39, 0.29) is 11.8 Å². The van der Waals surface area contributed by atoms with Crippen LogP contribution >= 0.6 is 0 Å². The first-order valence-corrected chi connectivity index (χ1v) is 9.43. The molecule has 0 saturated heterocycles. The molecule has 1 aromatic carbocycles. The summed E-state index contributed by atoms with van der Waals surface area (Å²) in [6.45, 7) is 5.82. The Balaban J connectivity index is 1.96. The predicted octanol–water partition coefficient (Wildman–Crippen LogP) is 2.96. The number of aromatic nitrogens is 2. The maximum Gasteiger partial charge on any atom is 0.289 e. The summed E-state index contributed by atoms with van der Waals surface area (Å²) in [7, 11) is 1.56. The van der Waals surface area contributed by atoms with Gasteiger partial charge in [-0.15, -0.1) is 0 Å². The lowest BCUT2D eigenvalue weighted by Gasteiger charge is -2.21. The number of methoxy groups -OCH3 is 1. The Morgan fingerprint density at radius 3 is 2.67 bits per heavy atom. The van der Waals surface area contributed by atoms with Crippen LogP contribution in [-0.2, 0) is 13.0 Å². The molecule has 1 aliphatic heterocycles. The SMILES string of the molecule is CCN(CC)C(=O)c1nc(C(=O)Nc2ccccc2OC)c2n1CCCC2. The number of anilines is 1. The summed E-state index contributed by atoms with van der Waals surface area (Å²) in [4.78, 5) is 32.0. The highest BCUT2D eigenvalue weighted by molar-refractivity contribution is 6.05. The molecule has 0 bridgehead atoms. The first kappa shape index (κ1) is 18.9. The minimum Gasteiger partial charge on any atom is -0.495 e. The van der Waals surface area contributed by atoms with Gasteiger partial charge in [0.1, 0.15) is 5.75 Å². The molecule has 7 heteroatoms. The van der Waals surface area contributed by atoms with Crippen molar-refractivity contribution in [3.05, 3.63) is 41.5 Å². The Morgan fingerprint density at radius 1 is 1.22 bits per heavy atom. The number of carbonyl (C=O) groups is 2. The molecule has 2 aromatic rings. The van der Waals surface area contributed by atoms with Gasteiger partial charge in [-0.3, -0.25) is 9.59 Å². The molecule has 3 rings (SSSR count). The summed E-state index contributed by atoms with van der Waals surface area (Å²) in [5.74, 6) is 0.500. The van der Waals surface area contributed by atoms with Crippen LogP contribution in [0, 0.1) is 0 Å². The van der Waals surface area contributed by atoms with Crippen molar-refractivity contribution in [1.82, 2.24) is 14.5 Å². The summed E-state index contributed by atoms with van der Waals surface area (Å²) in [6, 6.07) is 7.23. The van der Waals surface area contributed by atoms with E-state index in [0.717, 1.165) is 25.0 Å². The molecule has 0 atom stereocenters. The van der Waals surface area contributed by atoms with Gasteiger partial charge in [-0.2, -0.15) is 0 Å². The minimum absolute atomic E-state index is 0.125. The Hall–Kier alpha value is -2.83. The lowest BCUT2D eigenvalue weighted by Crippen LogP contribution is -2.33. The fraction of sp³-hybridized carbons (Fsp3) is 0.450. The lowest BCUT2D eigenvalue weighted by molar-refractivity contribution is 0.0754. The number of amides is 2. The van der Waals surface area contributed by atoms with Crippen LogP contribution in [0.4, 0.5) is 5.69 Å². The molecule has 1 N–H and O–H groups in total. The normalized spacial score (nSPS) is 13.0. The third-order valence-corrected chi connectivity index (χ3v) is 4.93. The molecule has 0 saturated carbocycles. The second kappa shape index (κ2) is 8.24. The number of hydrogen-bond acceptors (Lipinski definition) is 4. The van der Waals surface area contributed by atoms with E-state index in [2.05, 4.69) is 10.3 Å². The fourth-order valence-corrected chi connectivity index (χ4v) is 3.47. The molecule has 27 heavy (non-hydrogen) atoms. The van der Waals surface area contributed by atoms with E-state index in [1.807, 2.05) is 30.5 Å². The van der Waals surface area contributed by atoms with Gasteiger partial charge in [-0.25, -0.2) is 4.98 Å². The van der Waals surface area contributed by atoms with Crippen LogP contribution in [0.3, 0.4) is 0 Å². The van der Waals surface area contributed by atoms with Crippen molar-refractivity contribution in [3.8, 4) is 5.75 Å². The summed E-state index contributed by atoms with van der Waals surface area (Å²) in [6.07, 6.45) is 2.71. The second-order valence-electron chi connectivity index (χ2n) is 6.47. The van der Waals surface area contributed by atoms with Crippen molar-refractivity contribution in [2.75, 3.05) is 25.5 Å². The van der Waals surface area contributed by atoms with Crippen molar-refractivity contribution in [1.29, 1.82) is 0 Å². The number of hydrogen-bond donors (Lipinski definition) is 1. The summed E-state index contributed by atoms with van der Waals surface area (Å²) in [5.41, 5.74) is 1.75. The number of ether oxygens (including phenoxy) is 1. The summed E-state index contributed by atoms with van der Waals surface area (Å²) >= 11 is 0. The molecule has 1 aromatic heterocycles. The number of nitrogens with one attached hydrogen (secondary N) is 1. The first-order valence-electron chi connectivity index (χ1n) is 9.43. The van der Waals surface area contributed by atoms with Crippen molar-refractivity contribution in [2.24, 2.45) is 0 Å². The van der Waals surface area contributed by atoms with Crippen molar-refractivity contribution in [2.45, 2.75) is 39.7 Å². The van der Waals surface area contributed by atoms with Gasteiger partial charge in [0, 0.05) is 19.6 Å². The maximum atomic E-state index is 12.9. The van der Waals surface area contributed by atoms with E-state index in [9.17, 15) is 9.59 Å². The zero-order chi connectivity index (χ0) is 19.4. The highest BCUT2D eigenvalue weighted by Gasteiger charge is 2.29. The van der Waals surface area contributed by atoms with Gasteiger partial charge in [-0.05, 0) is 45.2 Å². The third kappa shape index (κ3) is 3.67. The average Bonchev–Trinajstić information content (AvgIpc) is 3.09. The molecule has 0 unspecified atom stereocenters.